The van der Waals surface area contributed by atoms with Gasteiger partial charge in [-0.05, 0) is 48.5 Å². The molecule has 0 bridgehead atoms. The van der Waals surface area contributed by atoms with Crippen molar-refractivity contribution < 1.29 is 74.1 Å². The number of hydrogen-bond donors (Lipinski definition) is 3. The van der Waals surface area contributed by atoms with E-state index in [9.17, 15) is 31.1 Å². The number of hydrogen-bond acceptors (Lipinski definition) is 8. The normalized spacial score (nSPS) is 11.4. The van der Waals surface area contributed by atoms with E-state index in [0.717, 1.165) is 17.3 Å². The van der Waals surface area contributed by atoms with Gasteiger partial charge in [0, 0.05) is 47.8 Å². The topological polar surface area (TPSA) is 167 Å². The van der Waals surface area contributed by atoms with E-state index in [1.165, 1.54) is 0 Å². The first-order valence-corrected chi connectivity index (χ1v) is 12.7. The van der Waals surface area contributed by atoms with Crippen molar-refractivity contribution in [3.63, 3.8) is 0 Å². The van der Waals surface area contributed by atoms with Gasteiger partial charge in [-0.15, -0.1) is 0 Å². The molecule has 0 atom stereocenters. The van der Waals surface area contributed by atoms with Crippen LogP contribution in [0, 0.1) is 0 Å². The van der Waals surface area contributed by atoms with Crippen LogP contribution in [0.15, 0.2) is 73.1 Å². The molecule has 20 heteroatoms. The molecule has 225 valence electrons. The molecule has 0 aliphatic rings. The molecule has 11 nitrogen and oxygen atoms in total. The fourth-order valence-corrected chi connectivity index (χ4v) is 2.26. The first-order valence-electron chi connectivity index (χ1n) is 9.81. The number of rotatable bonds is 4. The molecule has 3 aromatic rings. The Kier molecular flexibility index (Phi) is 13.7. The summed E-state index contributed by atoms with van der Waals surface area (Å²) in [6, 6.07) is 18.8. The van der Waals surface area contributed by atoms with Gasteiger partial charge in [-0.1, -0.05) is 12.1 Å². The average molecular weight is 668 g/mol. The number of aromatic nitrogens is 2. The molecule has 3 N–H and O–H groups in total. The van der Waals surface area contributed by atoms with Gasteiger partial charge in [0.05, 0.1) is 0 Å². The summed E-state index contributed by atoms with van der Waals surface area (Å²) in [7, 11) is -10.1. The predicted octanol–water partition coefficient (Wildman–Crippen LogP) is 4.09. The molecular weight excluding hydrogens is 650 g/mol. The van der Waals surface area contributed by atoms with Crippen LogP contribution in [-0.4, -0.2) is 59.9 Å². The maximum absolute atomic E-state index is 11.7. The van der Waals surface area contributed by atoms with Gasteiger partial charge in [0.25, 0.3) is 5.91 Å². The summed E-state index contributed by atoms with van der Waals surface area (Å²) < 4.78 is 115. The van der Waals surface area contributed by atoms with Crippen LogP contribution in [0.25, 0.3) is 0 Å². The number of carbonyl (C=O) groups is 1. The maximum Gasteiger partial charge on any atom is 0.522 e. The molecule has 0 spiro atoms. The van der Waals surface area contributed by atoms with E-state index < -0.39 is 31.3 Å². The molecule has 0 unspecified atom stereocenters. The Hall–Kier alpha value is -3.29. The molecule has 2 aromatic heterocycles. The molecule has 40 heavy (non-hydrogen) atoms. The van der Waals surface area contributed by atoms with E-state index >= 15 is 0 Å². The van der Waals surface area contributed by atoms with Gasteiger partial charge in [0.2, 0.25) is 0 Å². The van der Waals surface area contributed by atoms with E-state index in [0.29, 0.717) is 5.56 Å². The van der Waals surface area contributed by atoms with Crippen LogP contribution in [0.5, 0.6) is 0 Å². The molecule has 3 rings (SSSR count). The van der Waals surface area contributed by atoms with E-state index in [2.05, 4.69) is 15.3 Å². The summed E-state index contributed by atoms with van der Waals surface area (Å²) in [6.07, 6.45) is 3.48. The molecule has 2 heterocycles. The van der Waals surface area contributed by atoms with Crippen LogP contribution in [0.2, 0.25) is 0 Å². The predicted molar refractivity (Wildman–Crippen MR) is 125 cm³/mol. The Bertz CT molecular complexity index is 1350. The van der Waals surface area contributed by atoms with Crippen LogP contribution in [0.4, 0.5) is 43.7 Å². The molecule has 0 saturated heterocycles. The first-order chi connectivity index (χ1) is 17.8. The third kappa shape index (κ3) is 11.4. The van der Waals surface area contributed by atoms with Crippen LogP contribution in [0.3, 0.4) is 0 Å². The summed E-state index contributed by atoms with van der Waals surface area (Å²) in [6.45, 7) is 0. The number of pyridine rings is 2. The smallest absolute Gasteiger partial charge is 0.355 e. The van der Waals surface area contributed by atoms with Gasteiger partial charge in [0.1, 0.15) is 11.6 Å². The van der Waals surface area contributed by atoms with Gasteiger partial charge in [-0.3, -0.25) is 18.8 Å². The van der Waals surface area contributed by atoms with Gasteiger partial charge >= 0.3 is 31.3 Å². The fraction of sp³-hybridized carbons (Fsp3) is 0.150. The van der Waals surface area contributed by atoms with Gasteiger partial charge in [-0.25, -0.2) is 9.97 Å². The van der Waals surface area contributed by atoms with Gasteiger partial charge in [0.15, 0.2) is 0 Å². The van der Waals surface area contributed by atoms with Crippen molar-refractivity contribution in [1.29, 1.82) is 0 Å². The third-order valence-corrected chi connectivity index (χ3v) is 5.13. The summed E-state index contributed by atoms with van der Waals surface area (Å²) >= 11 is 0. The monoisotopic (exact) mass is 667 g/mol. The minimum absolute atomic E-state index is 0. The second kappa shape index (κ2) is 14.9. The second-order valence-electron chi connectivity index (χ2n) is 6.68. The molecule has 0 saturated carbocycles. The van der Waals surface area contributed by atoms with Crippen LogP contribution in [-0.2, 0) is 37.3 Å². The van der Waals surface area contributed by atoms with Crippen molar-refractivity contribution in [2.45, 2.75) is 11.0 Å². The summed E-state index contributed by atoms with van der Waals surface area (Å²) in [5.41, 5.74) is -9.58. The van der Waals surface area contributed by atoms with Crippen molar-refractivity contribution in [2.75, 3.05) is 11.9 Å². The van der Waals surface area contributed by atoms with E-state index in [-0.39, 0.29) is 23.0 Å². The molecule has 1 radical (unpaired) electrons. The minimum atomic E-state index is -5.84. The Morgan fingerprint density at radius 1 is 0.750 bits per heavy atom. The molecule has 1 aromatic carbocycles. The number of anilines is 3. The Morgan fingerprint density at radius 3 is 1.35 bits per heavy atom. The second-order valence-corrected chi connectivity index (χ2v) is 9.50. The summed E-state index contributed by atoms with van der Waals surface area (Å²) in [4.78, 5) is 22.4. The van der Waals surface area contributed by atoms with Crippen LogP contribution >= 0.6 is 0 Å². The van der Waals surface area contributed by atoms with E-state index in [1.54, 1.807) is 31.6 Å². The number of nitrogens with zero attached hydrogens (tertiary/aromatic N) is 3. The zero-order valence-corrected chi connectivity index (χ0v) is 22.2. The standard InChI is InChI=1S/C18H16N4O.2CHF3O3S.Cu/c1-19-18(23)14-8-10-15(11-9-14)22(16-6-2-4-12-20-16)17-7-3-5-13-21-17;2*2-1(3,4)8(5,6)7;/h2-13H,1H3,(H,19,23);2*(H,5,6,7);. The summed E-state index contributed by atoms with van der Waals surface area (Å²) in [5.74, 6) is 1.41. The van der Waals surface area contributed by atoms with Crippen LogP contribution < -0.4 is 10.2 Å². The Morgan fingerprint density at radius 2 is 1.10 bits per heavy atom. The van der Waals surface area contributed by atoms with E-state index in [4.69, 9.17) is 25.9 Å². The van der Waals surface area contributed by atoms with Gasteiger partial charge in [-0.2, -0.15) is 43.2 Å². The van der Waals surface area contributed by atoms with Crippen molar-refractivity contribution in [1.82, 2.24) is 15.3 Å². The Balaban J connectivity index is 0.000000744. The average Bonchev–Trinajstić information content (AvgIpc) is 2.84. The number of halogens is 6. The van der Waals surface area contributed by atoms with Crippen molar-refractivity contribution in [2.24, 2.45) is 0 Å². The van der Waals surface area contributed by atoms with Crippen molar-refractivity contribution >= 4 is 43.5 Å². The minimum Gasteiger partial charge on any atom is -0.355 e. The van der Waals surface area contributed by atoms with Crippen LogP contribution in [0.1, 0.15) is 10.4 Å². The zero-order valence-electron chi connectivity index (χ0n) is 19.6. The fourth-order valence-electron chi connectivity index (χ4n) is 2.26. The number of benzene rings is 1. The molecule has 0 aliphatic heterocycles. The van der Waals surface area contributed by atoms with Crippen molar-refractivity contribution in [3.05, 3.63) is 78.6 Å². The summed E-state index contributed by atoms with van der Waals surface area (Å²) in [5, 5.41) is 2.62. The largest absolute Gasteiger partial charge is 0.522 e. The SMILES string of the molecule is CNC(=O)c1ccc(N(c2ccccn2)c2ccccn2)cc1.O=S(=O)(O)C(F)(F)F.O=S(=O)(O)C(F)(F)F.[Cu]. The zero-order chi connectivity index (χ0) is 30.1. The molecule has 0 fully saturated rings. The first kappa shape index (κ1) is 36.7. The van der Waals surface area contributed by atoms with E-state index in [1.807, 2.05) is 53.4 Å². The number of amides is 1. The number of nitrogens with one attached hydrogen (secondary N) is 1. The molecule has 1 amide bonds. The third-order valence-electron chi connectivity index (χ3n) is 3.96. The Labute approximate surface area is 234 Å². The number of carbonyl (C=O) groups excluding carboxylic acids is 1. The molecule has 0 aliphatic carbocycles. The van der Waals surface area contributed by atoms with Gasteiger partial charge < -0.3 is 5.32 Å². The maximum atomic E-state index is 11.7. The van der Waals surface area contributed by atoms with Crippen molar-refractivity contribution in [3.8, 4) is 0 Å². The molecular formula is C20H18CuF6N4O7S2. The quantitative estimate of drug-likeness (QED) is 0.160. The number of alkyl halides is 6.